The van der Waals surface area contributed by atoms with Crippen molar-refractivity contribution >= 4 is 40.6 Å². The third-order valence-electron chi connectivity index (χ3n) is 4.14. The van der Waals surface area contributed by atoms with Crippen LogP contribution < -0.4 is 20.1 Å². The fourth-order valence-corrected chi connectivity index (χ4v) is 3.68. The van der Waals surface area contributed by atoms with E-state index in [-0.39, 0.29) is 30.2 Å². The summed E-state index contributed by atoms with van der Waals surface area (Å²) in [7, 11) is 0. The highest BCUT2D eigenvalue weighted by Gasteiger charge is 2.40. The van der Waals surface area contributed by atoms with Crippen LogP contribution in [0.25, 0.3) is 0 Å². The number of amidine groups is 1. The lowest BCUT2D eigenvalue weighted by molar-refractivity contribution is -0.121. The van der Waals surface area contributed by atoms with Gasteiger partial charge in [-0.1, -0.05) is 30.0 Å². The number of fused-ring (bicyclic) bond motifs is 1. The Hall–Kier alpha value is -3.33. The van der Waals surface area contributed by atoms with E-state index in [1.54, 1.807) is 36.4 Å². The minimum Gasteiger partial charge on any atom is -0.454 e. The molecule has 8 nitrogen and oxygen atoms in total. The number of carbonyl (C=O) groups excluding carboxylic acids is 2. The van der Waals surface area contributed by atoms with Gasteiger partial charge in [-0.3, -0.25) is 9.59 Å². The van der Waals surface area contributed by atoms with Gasteiger partial charge in [-0.2, -0.15) is 5.10 Å². The monoisotopic (exact) mass is 396 g/mol. The Bertz CT molecular complexity index is 977. The summed E-state index contributed by atoms with van der Waals surface area (Å²) < 4.78 is 10.5. The average Bonchev–Trinajstić information content (AvgIpc) is 3.26. The molecule has 9 heteroatoms. The molecule has 2 aromatic carbocycles. The second kappa shape index (κ2) is 7.73. The Kier molecular flexibility index (Phi) is 4.98. The van der Waals surface area contributed by atoms with E-state index >= 15 is 0 Å². The molecule has 0 bridgehead atoms. The number of para-hydroxylation sites is 1. The Labute approximate surface area is 165 Å². The molecule has 0 saturated carbocycles. The van der Waals surface area contributed by atoms with Gasteiger partial charge < -0.3 is 15.2 Å². The van der Waals surface area contributed by atoms with Crippen molar-refractivity contribution in [2.75, 3.05) is 11.7 Å². The summed E-state index contributed by atoms with van der Waals surface area (Å²) in [6.07, 6.45) is 1.59. The summed E-state index contributed by atoms with van der Waals surface area (Å²) in [6.45, 7) is 0.200. The molecule has 0 unspecified atom stereocenters. The second-order valence-corrected chi connectivity index (χ2v) is 7.23. The first kappa shape index (κ1) is 18.1. The molecule has 2 aliphatic heterocycles. The lowest BCUT2D eigenvalue weighted by Gasteiger charge is -2.14. The van der Waals surface area contributed by atoms with Gasteiger partial charge >= 0.3 is 0 Å². The van der Waals surface area contributed by atoms with Gasteiger partial charge in [0, 0.05) is 6.42 Å². The smallest absolute Gasteiger partial charge is 0.247 e. The topological polar surface area (TPSA) is 107 Å². The van der Waals surface area contributed by atoms with Gasteiger partial charge in [0.2, 0.25) is 18.6 Å². The fourth-order valence-electron chi connectivity index (χ4n) is 2.86. The Morgan fingerprint density at radius 2 is 1.93 bits per heavy atom. The summed E-state index contributed by atoms with van der Waals surface area (Å²) in [4.78, 5) is 26.0. The second-order valence-electron chi connectivity index (χ2n) is 6.01. The van der Waals surface area contributed by atoms with Crippen LogP contribution in [0.5, 0.6) is 11.5 Å². The summed E-state index contributed by atoms with van der Waals surface area (Å²) >= 11 is 1.03. The molecule has 142 valence electrons. The molecule has 0 spiro atoms. The van der Waals surface area contributed by atoms with E-state index in [1.165, 1.54) is 11.1 Å². The highest BCUT2D eigenvalue weighted by atomic mass is 32.2. The lowest BCUT2D eigenvalue weighted by Crippen LogP contribution is -2.31. The Morgan fingerprint density at radius 3 is 2.75 bits per heavy atom. The van der Waals surface area contributed by atoms with Crippen LogP contribution in [0.15, 0.2) is 58.7 Å². The highest BCUT2D eigenvalue weighted by molar-refractivity contribution is 8.14. The average molecular weight is 396 g/mol. The van der Waals surface area contributed by atoms with Gasteiger partial charge in [-0.15, -0.1) is 5.10 Å². The van der Waals surface area contributed by atoms with Crippen LogP contribution in [0.4, 0.5) is 5.69 Å². The number of nitrogens with zero attached hydrogens (tertiary/aromatic N) is 3. The maximum atomic E-state index is 12.6. The van der Waals surface area contributed by atoms with Crippen molar-refractivity contribution in [2.24, 2.45) is 15.9 Å². The minimum absolute atomic E-state index is 0.0699. The number of amides is 2. The molecule has 0 aliphatic carbocycles. The van der Waals surface area contributed by atoms with Crippen LogP contribution in [0.2, 0.25) is 0 Å². The van der Waals surface area contributed by atoms with E-state index in [9.17, 15) is 9.59 Å². The maximum Gasteiger partial charge on any atom is 0.247 e. The number of nitrogens with two attached hydrogens (primary N) is 1. The first-order valence-electron chi connectivity index (χ1n) is 8.46. The number of thioether (sulfide) groups is 1. The standard InChI is InChI=1S/C19H16N4O4S/c20-19(22-21-10-12-6-7-14-15(8-12)27-11-26-14)28-16-9-17(24)23(18(16)25)13-4-2-1-3-5-13/h1-8,10,16H,9,11H2,(H2,20,22)/b21-10-/t16-/m0/s1. The van der Waals surface area contributed by atoms with Gasteiger partial charge in [0.25, 0.3) is 0 Å². The van der Waals surface area contributed by atoms with Crippen molar-refractivity contribution in [3.05, 3.63) is 54.1 Å². The van der Waals surface area contributed by atoms with Crippen molar-refractivity contribution in [2.45, 2.75) is 11.7 Å². The Balaban J connectivity index is 1.40. The van der Waals surface area contributed by atoms with Crippen molar-refractivity contribution in [3.8, 4) is 11.5 Å². The van der Waals surface area contributed by atoms with Crippen molar-refractivity contribution in [1.82, 2.24) is 0 Å². The van der Waals surface area contributed by atoms with Crippen LogP contribution >= 0.6 is 11.8 Å². The fraction of sp³-hybridized carbons (Fsp3) is 0.158. The third kappa shape index (κ3) is 3.70. The van der Waals surface area contributed by atoms with Gasteiger partial charge in [-0.05, 0) is 35.9 Å². The summed E-state index contributed by atoms with van der Waals surface area (Å²) in [5, 5.41) is 7.34. The number of benzene rings is 2. The van der Waals surface area contributed by atoms with E-state index in [0.717, 1.165) is 17.3 Å². The zero-order valence-corrected chi connectivity index (χ0v) is 15.5. The molecule has 0 aromatic heterocycles. The largest absolute Gasteiger partial charge is 0.454 e. The van der Waals surface area contributed by atoms with E-state index in [1.807, 2.05) is 12.1 Å². The van der Waals surface area contributed by atoms with Crippen molar-refractivity contribution in [1.29, 1.82) is 0 Å². The predicted octanol–water partition coefficient (Wildman–Crippen LogP) is 2.13. The maximum absolute atomic E-state index is 12.6. The van der Waals surface area contributed by atoms with Gasteiger partial charge in [0.15, 0.2) is 16.7 Å². The molecule has 2 N–H and O–H groups in total. The van der Waals surface area contributed by atoms with Crippen LogP contribution in [0.1, 0.15) is 12.0 Å². The van der Waals surface area contributed by atoms with Crippen LogP contribution in [0, 0.1) is 0 Å². The van der Waals surface area contributed by atoms with Crippen LogP contribution in [-0.4, -0.2) is 35.2 Å². The number of imide groups is 1. The summed E-state index contributed by atoms with van der Waals surface area (Å²) in [6, 6.07) is 14.2. The molecule has 1 atom stereocenters. The zero-order chi connectivity index (χ0) is 19.5. The van der Waals surface area contributed by atoms with Crippen LogP contribution in [-0.2, 0) is 9.59 Å². The molecule has 2 aromatic rings. The first-order chi connectivity index (χ1) is 13.6. The molecule has 28 heavy (non-hydrogen) atoms. The van der Waals surface area contributed by atoms with E-state index < -0.39 is 5.25 Å². The SMILES string of the molecule is NC(=N/N=C\c1ccc2c(c1)OCO2)S[C@H]1CC(=O)N(c2ccccc2)C1=O. The molecule has 2 amide bonds. The summed E-state index contributed by atoms with van der Waals surface area (Å²) in [5.41, 5.74) is 7.20. The van der Waals surface area contributed by atoms with E-state index in [4.69, 9.17) is 15.2 Å². The summed E-state index contributed by atoms with van der Waals surface area (Å²) in [5.74, 6) is 0.763. The number of carbonyl (C=O) groups is 2. The molecule has 2 heterocycles. The van der Waals surface area contributed by atoms with E-state index in [0.29, 0.717) is 17.2 Å². The molecule has 2 aliphatic rings. The predicted molar refractivity (Wildman–Crippen MR) is 107 cm³/mol. The molecule has 1 fully saturated rings. The number of anilines is 1. The van der Waals surface area contributed by atoms with Gasteiger partial charge in [-0.25, -0.2) is 4.90 Å². The number of hydrogen-bond donors (Lipinski definition) is 1. The third-order valence-corrected chi connectivity index (χ3v) is 5.12. The van der Waals surface area contributed by atoms with Gasteiger partial charge in [0.05, 0.1) is 11.9 Å². The Morgan fingerprint density at radius 1 is 1.14 bits per heavy atom. The zero-order valence-electron chi connectivity index (χ0n) is 14.6. The normalized spacial score (nSPS) is 19.1. The highest BCUT2D eigenvalue weighted by Crippen LogP contribution is 2.32. The number of ether oxygens (including phenoxy) is 2. The number of hydrogen-bond acceptors (Lipinski definition) is 7. The molecule has 4 rings (SSSR count). The number of rotatable bonds is 4. The first-order valence-corrected chi connectivity index (χ1v) is 9.34. The van der Waals surface area contributed by atoms with Crippen LogP contribution in [0.3, 0.4) is 0 Å². The van der Waals surface area contributed by atoms with Gasteiger partial charge in [0.1, 0.15) is 5.25 Å². The quantitative estimate of drug-likeness (QED) is 0.367. The van der Waals surface area contributed by atoms with Crippen molar-refractivity contribution in [3.63, 3.8) is 0 Å². The lowest BCUT2D eigenvalue weighted by atomic mass is 10.2. The molecule has 0 radical (unpaired) electrons. The van der Waals surface area contributed by atoms with E-state index in [2.05, 4.69) is 10.2 Å². The van der Waals surface area contributed by atoms with Crippen molar-refractivity contribution < 1.29 is 19.1 Å². The molecule has 1 saturated heterocycles. The molecular weight excluding hydrogens is 380 g/mol. The molecular formula is C19H16N4O4S. The minimum atomic E-state index is -0.614.